The van der Waals surface area contributed by atoms with E-state index in [2.05, 4.69) is 71.8 Å². The van der Waals surface area contributed by atoms with Crippen LogP contribution in [0.1, 0.15) is 33.6 Å². The maximum atomic E-state index is 6.58. The first-order valence-corrected chi connectivity index (χ1v) is 11.4. The molecule has 1 aliphatic rings. The van der Waals surface area contributed by atoms with Gasteiger partial charge in [0.05, 0.1) is 6.10 Å². The van der Waals surface area contributed by atoms with Crippen LogP contribution < -0.4 is 4.90 Å². The number of piperidine rings is 1. The van der Waals surface area contributed by atoms with Crippen molar-refractivity contribution in [3.8, 4) is 0 Å². The molecule has 1 fully saturated rings. The van der Waals surface area contributed by atoms with Crippen LogP contribution in [0.3, 0.4) is 0 Å². The molecule has 0 aromatic carbocycles. The topological polar surface area (TPSA) is 25.4 Å². The molecule has 1 aromatic rings. The molecule has 0 radical (unpaired) electrons. The van der Waals surface area contributed by atoms with Gasteiger partial charge in [-0.25, -0.2) is 4.98 Å². The van der Waals surface area contributed by atoms with E-state index in [4.69, 9.17) is 4.43 Å². The summed E-state index contributed by atoms with van der Waals surface area (Å²) < 4.78 is 7.60. The number of hydrogen-bond acceptors (Lipinski definition) is 3. The molecule has 0 bridgehead atoms. The maximum absolute atomic E-state index is 6.58. The monoisotopic (exact) mass is 370 g/mol. The molecular formula is C16H27BrN2OSi. The molecule has 0 saturated carbocycles. The molecule has 1 atom stereocenters. The standard InChI is InChI=1S/C16H27BrN2OSi/c1-16(2,3)21(4,5)20-14-7-6-10-19(12-14)15-9-8-13(17)11-18-15/h8-9,11,14H,6-7,10,12H2,1-5H3/t14-/m1/s1. The first kappa shape index (κ1) is 17.0. The fraction of sp³-hybridized carbons (Fsp3) is 0.688. The molecule has 0 aliphatic carbocycles. The van der Waals surface area contributed by atoms with Crippen molar-refractivity contribution < 1.29 is 4.43 Å². The van der Waals surface area contributed by atoms with Gasteiger partial charge in [0.15, 0.2) is 8.32 Å². The van der Waals surface area contributed by atoms with Crippen LogP contribution in [0.4, 0.5) is 5.82 Å². The summed E-state index contributed by atoms with van der Waals surface area (Å²) in [7, 11) is -1.69. The number of nitrogens with zero attached hydrogens (tertiary/aromatic N) is 2. The van der Waals surface area contributed by atoms with Gasteiger partial charge >= 0.3 is 0 Å². The number of rotatable bonds is 3. The summed E-state index contributed by atoms with van der Waals surface area (Å²) in [5.41, 5.74) is 0. The maximum Gasteiger partial charge on any atom is 0.192 e. The molecule has 5 heteroatoms. The Morgan fingerprint density at radius 2 is 2.05 bits per heavy atom. The third-order valence-corrected chi connectivity index (χ3v) is 9.69. The Kier molecular flexibility index (Phi) is 5.16. The summed E-state index contributed by atoms with van der Waals surface area (Å²) in [6.07, 6.45) is 4.55. The average Bonchev–Trinajstić information content (AvgIpc) is 2.38. The van der Waals surface area contributed by atoms with Gasteiger partial charge in [-0.15, -0.1) is 0 Å². The van der Waals surface area contributed by atoms with Crippen LogP contribution >= 0.6 is 15.9 Å². The van der Waals surface area contributed by atoms with Gasteiger partial charge in [0.2, 0.25) is 0 Å². The van der Waals surface area contributed by atoms with Gasteiger partial charge < -0.3 is 9.33 Å². The molecule has 21 heavy (non-hydrogen) atoms. The minimum Gasteiger partial charge on any atom is -0.412 e. The number of aromatic nitrogens is 1. The summed E-state index contributed by atoms with van der Waals surface area (Å²) >= 11 is 3.44. The van der Waals surface area contributed by atoms with Crippen LogP contribution in [0.5, 0.6) is 0 Å². The predicted molar refractivity (Wildman–Crippen MR) is 95.5 cm³/mol. The van der Waals surface area contributed by atoms with Crippen molar-refractivity contribution in [3.63, 3.8) is 0 Å². The van der Waals surface area contributed by atoms with E-state index in [0.29, 0.717) is 6.10 Å². The number of hydrogen-bond donors (Lipinski definition) is 0. The fourth-order valence-electron chi connectivity index (χ4n) is 2.39. The highest BCUT2D eigenvalue weighted by molar-refractivity contribution is 9.10. The van der Waals surface area contributed by atoms with Gasteiger partial charge in [0.1, 0.15) is 5.82 Å². The van der Waals surface area contributed by atoms with E-state index >= 15 is 0 Å². The van der Waals surface area contributed by atoms with Crippen LogP contribution in [0.25, 0.3) is 0 Å². The minimum absolute atomic E-state index is 0.269. The van der Waals surface area contributed by atoms with Gasteiger partial charge in [-0.2, -0.15) is 0 Å². The molecule has 0 unspecified atom stereocenters. The quantitative estimate of drug-likeness (QED) is 0.712. The van der Waals surface area contributed by atoms with E-state index in [1.54, 1.807) is 0 Å². The molecule has 2 rings (SSSR count). The Labute approximate surface area is 138 Å². The third kappa shape index (κ3) is 4.30. The number of pyridine rings is 1. The second kappa shape index (κ2) is 6.38. The zero-order valence-electron chi connectivity index (χ0n) is 13.8. The first-order valence-electron chi connectivity index (χ1n) is 7.73. The fourth-order valence-corrected chi connectivity index (χ4v) is 4.00. The van der Waals surface area contributed by atoms with E-state index in [-0.39, 0.29) is 5.04 Å². The second-order valence-corrected chi connectivity index (χ2v) is 13.1. The molecule has 1 aromatic heterocycles. The van der Waals surface area contributed by atoms with Gasteiger partial charge in [-0.05, 0) is 59.0 Å². The second-order valence-electron chi connectivity index (χ2n) is 7.42. The van der Waals surface area contributed by atoms with Crippen LogP contribution in [-0.4, -0.2) is 32.5 Å². The lowest BCUT2D eigenvalue weighted by Crippen LogP contribution is -2.49. The van der Waals surface area contributed by atoms with Gasteiger partial charge in [0.25, 0.3) is 0 Å². The van der Waals surface area contributed by atoms with Gasteiger partial charge in [-0.1, -0.05) is 20.8 Å². The Bertz CT molecular complexity index is 470. The summed E-state index contributed by atoms with van der Waals surface area (Å²) in [5, 5.41) is 0.269. The molecule has 2 heterocycles. The molecule has 3 nitrogen and oxygen atoms in total. The third-order valence-electron chi connectivity index (χ3n) is 4.68. The van der Waals surface area contributed by atoms with E-state index in [9.17, 15) is 0 Å². The van der Waals surface area contributed by atoms with Crippen LogP contribution in [0.2, 0.25) is 18.1 Å². The highest BCUT2D eigenvalue weighted by Gasteiger charge is 2.39. The lowest BCUT2D eigenvalue weighted by atomic mass is 10.1. The molecule has 118 valence electrons. The Morgan fingerprint density at radius 3 is 2.62 bits per heavy atom. The van der Waals surface area contributed by atoms with Crippen LogP contribution in [0.15, 0.2) is 22.8 Å². The largest absolute Gasteiger partial charge is 0.412 e. The summed E-state index contributed by atoms with van der Waals surface area (Å²) in [5.74, 6) is 1.06. The van der Waals surface area contributed by atoms with Crippen molar-refractivity contribution in [3.05, 3.63) is 22.8 Å². The number of halogens is 1. The van der Waals surface area contributed by atoms with E-state index < -0.39 is 8.32 Å². The van der Waals surface area contributed by atoms with Crippen LogP contribution in [0, 0.1) is 0 Å². The molecule has 0 amide bonds. The van der Waals surface area contributed by atoms with Crippen molar-refractivity contribution in [1.82, 2.24) is 4.98 Å². The SMILES string of the molecule is CC(C)(C)[Si](C)(C)O[C@@H]1CCCN(c2ccc(Br)cn2)C1. The van der Waals surface area contributed by atoms with E-state index in [1.807, 2.05) is 6.20 Å². The van der Waals surface area contributed by atoms with Crippen molar-refractivity contribution in [2.45, 2.75) is 57.8 Å². The van der Waals surface area contributed by atoms with Crippen molar-refractivity contribution in [1.29, 1.82) is 0 Å². The lowest BCUT2D eigenvalue weighted by Gasteiger charge is -2.42. The zero-order chi connectivity index (χ0) is 15.7. The highest BCUT2D eigenvalue weighted by atomic mass is 79.9. The molecule has 0 N–H and O–H groups in total. The first-order chi connectivity index (χ1) is 9.69. The van der Waals surface area contributed by atoms with E-state index in [0.717, 1.165) is 23.4 Å². The molecular weight excluding hydrogens is 344 g/mol. The predicted octanol–water partition coefficient (Wildman–Crippen LogP) is 4.83. The lowest BCUT2D eigenvalue weighted by molar-refractivity contribution is 0.160. The minimum atomic E-state index is -1.69. The normalized spacial score (nSPS) is 20.7. The molecule has 1 saturated heterocycles. The summed E-state index contributed by atoms with van der Waals surface area (Å²) in [6.45, 7) is 13.6. The summed E-state index contributed by atoms with van der Waals surface area (Å²) in [6, 6.07) is 4.14. The van der Waals surface area contributed by atoms with Crippen molar-refractivity contribution >= 4 is 30.1 Å². The summed E-state index contributed by atoms with van der Waals surface area (Å²) in [4.78, 5) is 6.87. The van der Waals surface area contributed by atoms with Gasteiger partial charge in [0, 0.05) is 23.8 Å². The van der Waals surface area contributed by atoms with E-state index in [1.165, 1.54) is 12.8 Å². The van der Waals surface area contributed by atoms with Crippen molar-refractivity contribution in [2.75, 3.05) is 18.0 Å². The molecule has 1 aliphatic heterocycles. The zero-order valence-corrected chi connectivity index (χ0v) is 16.4. The van der Waals surface area contributed by atoms with Gasteiger partial charge in [-0.3, -0.25) is 0 Å². The number of anilines is 1. The smallest absolute Gasteiger partial charge is 0.192 e. The Morgan fingerprint density at radius 1 is 1.33 bits per heavy atom. The Balaban J connectivity index is 2.03. The van der Waals surface area contributed by atoms with Crippen molar-refractivity contribution in [2.24, 2.45) is 0 Å². The average molecular weight is 371 g/mol. The van der Waals surface area contributed by atoms with Crippen LogP contribution in [-0.2, 0) is 4.43 Å². The molecule has 0 spiro atoms. The highest BCUT2D eigenvalue weighted by Crippen LogP contribution is 2.38. The Hall–Kier alpha value is -0.393.